The molecule has 2 rings (SSSR count). The summed E-state index contributed by atoms with van der Waals surface area (Å²) in [4.78, 5) is 6.15. The number of rotatable bonds is 5. The molecule has 0 fully saturated rings. The molecule has 1 unspecified atom stereocenters. The number of anilines is 1. The summed E-state index contributed by atoms with van der Waals surface area (Å²) in [5.74, 6) is -0.178. The van der Waals surface area contributed by atoms with Crippen LogP contribution in [0.2, 0.25) is 0 Å². The van der Waals surface area contributed by atoms with Gasteiger partial charge < -0.3 is 10.2 Å². The van der Waals surface area contributed by atoms with Gasteiger partial charge in [-0.3, -0.25) is 4.98 Å². The second-order valence-electron chi connectivity index (χ2n) is 4.90. The van der Waals surface area contributed by atoms with Gasteiger partial charge in [0.2, 0.25) is 0 Å². The molecule has 0 spiro atoms. The van der Waals surface area contributed by atoms with Crippen molar-refractivity contribution >= 4 is 5.69 Å². The monoisotopic (exact) mass is 273 g/mol. The van der Waals surface area contributed by atoms with E-state index >= 15 is 0 Å². The van der Waals surface area contributed by atoms with E-state index in [4.69, 9.17) is 0 Å². The normalized spacial score (nSPS) is 12.2. The first-order chi connectivity index (χ1) is 9.63. The molecule has 4 heteroatoms. The van der Waals surface area contributed by atoms with Crippen LogP contribution in [-0.2, 0) is 6.54 Å². The first-order valence-electron chi connectivity index (χ1n) is 6.69. The Balaban J connectivity index is 2.30. The molecular formula is C16H20FN3. The largest absolute Gasteiger partial charge is 0.370 e. The smallest absolute Gasteiger partial charge is 0.130 e. The van der Waals surface area contributed by atoms with Gasteiger partial charge in [-0.25, -0.2) is 4.39 Å². The van der Waals surface area contributed by atoms with Crippen molar-refractivity contribution in [3.05, 3.63) is 59.7 Å². The predicted molar refractivity (Wildman–Crippen MR) is 80.2 cm³/mol. The van der Waals surface area contributed by atoms with E-state index in [2.05, 4.69) is 10.3 Å². The number of hydrogen-bond acceptors (Lipinski definition) is 3. The molecule has 1 atom stereocenters. The molecule has 0 radical (unpaired) electrons. The lowest BCUT2D eigenvalue weighted by Crippen LogP contribution is -2.22. The minimum absolute atomic E-state index is 0.0393. The quantitative estimate of drug-likeness (QED) is 0.907. The van der Waals surface area contributed by atoms with Crippen molar-refractivity contribution in [1.82, 2.24) is 10.3 Å². The number of nitrogens with zero attached hydrogens (tertiary/aromatic N) is 2. The van der Waals surface area contributed by atoms with E-state index < -0.39 is 0 Å². The predicted octanol–water partition coefficient (Wildman–Crippen LogP) is 3.14. The Kier molecular flexibility index (Phi) is 4.69. The van der Waals surface area contributed by atoms with Crippen molar-refractivity contribution < 1.29 is 4.39 Å². The fourth-order valence-electron chi connectivity index (χ4n) is 2.28. The van der Waals surface area contributed by atoms with Gasteiger partial charge >= 0.3 is 0 Å². The highest BCUT2D eigenvalue weighted by molar-refractivity contribution is 5.55. The summed E-state index contributed by atoms with van der Waals surface area (Å²) < 4.78 is 14.1. The van der Waals surface area contributed by atoms with Crippen molar-refractivity contribution in [2.24, 2.45) is 0 Å². The lowest BCUT2D eigenvalue weighted by Gasteiger charge is -2.25. The lowest BCUT2D eigenvalue weighted by atomic mass is 10.0. The molecule has 1 N–H and O–H groups in total. The number of pyridine rings is 1. The van der Waals surface area contributed by atoms with Crippen molar-refractivity contribution in [2.45, 2.75) is 19.5 Å². The topological polar surface area (TPSA) is 28.2 Å². The Morgan fingerprint density at radius 3 is 2.75 bits per heavy atom. The highest BCUT2D eigenvalue weighted by Gasteiger charge is 2.16. The lowest BCUT2D eigenvalue weighted by molar-refractivity contribution is 0.560. The van der Waals surface area contributed by atoms with Gasteiger partial charge in [-0.05, 0) is 37.7 Å². The van der Waals surface area contributed by atoms with Gasteiger partial charge in [0.05, 0.1) is 0 Å². The first-order valence-corrected chi connectivity index (χ1v) is 6.69. The highest BCUT2D eigenvalue weighted by atomic mass is 19.1. The zero-order valence-electron chi connectivity index (χ0n) is 12.1. The maximum absolute atomic E-state index is 14.1. The van der Waals surface area contributed by atoms with Gasteiger partial charge in [0, 0.05) is 43.3 Å². The van der Waals surface area contributed by atoms with Gasteiger partial charge in [-0.2, -0.15) is 0 Å². The second-order valence-corrected chi connectivity index (χ2v) is 4.90. The van der Waals surface area contributed by atoms with Gasteiger partial charge in [-0.1, -0.05) is 12.1 Å². The highest BCUT2D eigenvalue weighted by Crippen LogP contribution is 2.28. The molecule has 106 valence electrons. The van der Waals surface area contributed by atoms with E-state index in [0.29, 0.717) is 12.1 Å². The average molecular weight is 273 g/mol. The van der Waals surface area contributed by atoms with Crippen LogP contribution in [0.25, 0.3) is 0 Å². The van der Waals surface area contributed by atoms with Crippen molar-refractivity contribution in [3.63, 3.8) is 0 Å². The molecule has 1 aromatic carbocycles. The molecule has 0 saturated carbocycles. The van der Waals surface area contributed by atoms with Crippen LogP contribution in [0.5, 0.6) is 0 Å². The molecule has 20 heavy (non-hydrogen) atoms. The Morgan fingerprint density at radius 1 is 1.30 bits per heavy atom. The van der Waals surface area contributed by atoms with E-state index in [1.807, 2.05) is 50.3 Å². The Hall–Kier alpha value is -1.94. The van der Waals surface area contributed by atoms with Crippen LogP contribution >= 0.6 is 0 Å². The van der Waals surface area contributed by atoms with E-state index in [1.54, 1.807) is 12.3 Å². The van der Waals surface area contributed by atoms with E-state index in [0.717, 1.165) is 11.3 Å². The van der Waals surface area contributed by atoms with Crippen LogP contribution in [-0.4, -0.2) is 19.1 Å². The zero-order chi connectivity index (χ0) is 14.5. The van der Waals surface area contributed by atoms with Crippen LogP contribution < -0.4 is 10.2 Å². The molecule has 3 nitrogen and oxygen atoms in total. The van der Waals surface area contributed by atoms with Crippen LogP contribution in [0.1, 0.15) is 24.1 Å². The zero-order valence-corrected chi connectivity index (χ0v) is 12.1. The van der Waals surface area contributed by atoms with Crippen LogP contribution in [0.15, 0.2) is 42.7 Å². The first kappa shape index (κ1) is 14.5. The molecule has 0 aliphatic heterocycles. The average Bonchev–Trinajstić information content (AvgIpc) is 2.47. The van der Waals surface area contributed by atoms with Crippen molar-refractivity contribution in [3.8, 4) is 0 Å². The summed E-state index contributed by atoms with van der Waals surface area (Å²) in [5, 5.41) is 3.10. The van der Waals surface area contributed by atoms with Gasteiger partial charge in [0.15, 0.2) is 0 Å². The molecular weight excluding hydrogens is 253 g/mol. The number of halogens is 1. The number of benzene rings is 1. The molecule has 0 bridgehead atoms. The number of nitrogens with one attached hydrogen (secondary N) is 1. The van der Waals surface area contributed by atoms with Crippen LogP contribution in [0.3, 0.4) is 0 Å². The molecule has 1 heterocycles. The molecule has 0 amide bonds. The molecule has 2 aromatic rings. The summed E-state index contributed by atoms with van der Waals surface area (Å²) in [5.41, 5.74) is 2.69. The van der Waals surface area contributed by atoms with Gasteiger partial charge in [0.25, 0.3) is 0 Å². The SMILES string of the molecule is CNC(C)c1c(F)cccc1N(C)Cc1cccnc1. The maximum Gasteiger partial charge on any atom is 0.130 e. The fourth-order valence-corrected chi connectivity index (χ4v) is 2.28. The molecule has 0 saturated heterocycles. The van der Waals surface area contributed by atoms with Gasteiger partial charge in [0.1, 0.15) is 5.82 Å². The standard InChI is InChI=1S/C16H20FN3/c1-12(18-2)16-14(17)7-4-8-15(16)20(3)11-13-6-5-9-19-10-13/h4-10,12,18H,11H2,1-3H3. The third-order valence-corrected chi connectivity index (χ3v) is 3.45. The minimum atomic E-state index is -0.178. The van der Waals surface area contributed by atoms with E-state index in [-0.39, 0.29) is 11.9 Å². The Bertz CT molecular complexity index is 557. The van der Waals surface area contributed by atoms with E-state index in [9.17, 15) is 4.39 Å². The second kappa shape index (κ2) is 6.48. The van der Waals surface area contributed by atoms with Crippen LogP contribution in [0, 0.1) is 5.82 Å². The maximum atomic E-state index is 14.1. The third kappa shape index (κ3) is 3.14. The minimum Gasteiger partial charge on any atom is -0.370 e. The van der Waals surface area contributed by atoms with Crippen molar-refractivity contribution in [1.29, 1.82) is 0 Å². The molecule has 0 aliphatic rings. The summed E-state index contributed by atoms with van der Waals surface area (Å²) >= 11 is 0. The number of aromatic nitrogens is 1. The third-order valence-electron chi connectivity index (χ3n) is 3.45. The van der Waals surface area contributed by atoms with Crippen molar-refractivity contribution in [2.75, 3.05) is 19.0 Å². The van der Waals surface area contributed by atoms with Crippen LogP contribution in [0.4, 0.5) is 10.1 Å². The summed E-state index contributed by atoms with van der Waals surface area (Å²) in [6.45, 7) is 2.65. The Morgan fingerprint density at radius 2 is 2.10 bits per heavy atom. The van der Waals surface area contributed by atoms with Gasteiger partial charge in [-0.15, -0.1) is 0 Å². The fraction of sp³-hybridized carbons (Fsp3) is 0.312. The summed E-state index contributed by atoms with van der Waals surface area (Å²) in [7, 11) is 3.80. The summed E-state index contributed by atoms with van der Waals surface area (Å²) in [6.07, 6.45) is 3.58. The summed E-state index contributed by atoms with van der Waals surface area (Å²) in [6, 6.07) is 9.09. The van der Waals surface area contributed by atoms with E-state index in [1.165, 1.54) is 6.07 Å². The Labute approximate surface area is 119 Å². The molecule has 1 aromatic heterocycles. The molecule has 0 aliphatic carbocycles. The number of hydrogen-bond donors (Lipinski definition) is 1.